The summed E-state index contributed by atoms with van der Waals surface area (Å²) in [5, 5.41) is 11.0. The lowest BCUT2D eigenvalue weighted by molar-refractivity contribution is 0.0512. The topological polar surface area (TPSA) is 59.7 Å². The maximum absolute atomic E-state index is 11.8. The highest BCUT2D eigenvalue weighted by atomic mass is 16.5. The van der Waals surface area contributed by atoms with E-state index in [-0.39, 0.29) is 5.76 Å². The van der Waals surface area contributed by atoms with Gasteiger partial charge in [-0.2, -0.15) is 0 Å². The first-order chi connectivity index (χ1) is 7.91. The molecule has 90 valence electrons. The molecule has 17 heavy (non-hydrogen) atoms. The second kappa shape index (κ2) is 3.89. The summed E-state index contributed by atoms with van der Waals surface area (Å²) < 4.78 is 10.1. The van der Waals surface area contributed by atoms with E-state index in [2.05, 4.69) is 0 Å². The van der Waals surface area contributed by atoms with Crippen LogP contribution in [0.25, 0.3) is 10.8 Å². The Labute approximate surface area is 98.4 Å². The van der Waals surface area contributed by atoms with Gasteiger partial charge in [-0.25, -0.2) is 4.79 Å². The van der Waals surface area contributed by atoms with Gasteiger partial charge in [0, 0.05) is 0 Å². The Morgan fingerprint density at radius 3 is 2.59 bits per heavy atom. The Balaban J connectivity index is 2.73. The number of fused-ring (bicyclic) bond motifs is 1. The second-order valence-electron chi connectivity index (χ2n) is 4.41. The predicted octanol–water partition coefficient (Wildman–Crippen LogP) is 2.03. The van der Waals surface area contributed by atoms with Gasteiger partial charge < -0.3 is 14.3 Å². The Bertz CT molecular complexity index is 605. The molecule has 0 fully saturated rings. The number of ether oxygens (including phenoxy) is 1. The molecule has 4 heteroatoms. The van der Waals surface area contributed by atoms with Crippen molar-refractivity contribution >= 4 is 10.8 Å². The molecule has 0 aliphatic carbocycles. The van der Waals surface area contributed by atoms with E-state index in [0.29, 0.717) is 11.1 Å². The molecule has 1 N–H and O–H groups in total. The van der Waals surface area contributed by atoms with Crippen molar-refractivity contribution in [2.24, 2.45) is 0 Å². The monoisotopic (exact) mass is 234 g/mol. The van der Waals surface area contributed by atoms with Crippen molar-refractivity contribution in [3.8, 4) is 5.75 Å². The minimum atomic E-state index is -1.17. The number of rotatable bonds is 2. The van der Waals surface area contributed by atoms with E-state index >= 15 is 0 Å². The van der Waals surface area contributed by atoms with Crippen LogP contribution in [0.2, 0.25) is 0 Å². The summed E-state index contributed by atoms with van der Waals surface area (Å²) in [6, 6.07) is 6.81. The Hall–Kier alpha value is -1.81. The lowest BCUT2D eigenvalue weighted by Crippen LogP contribution is -2.18. The molecule has 2 rings (SSSR count). The van der Waals surface area contributed by atoms with Crippen LogP contribution in [-0.2, 0) is 5.60 Å². The first-order valence-corrected chi connectivity index (χ1v) is 5.26. The van der Waals surface area contributed by atoms with E-state index in [9.17, 15) is 9.90 Å². The zero-order chi connectivity index (χ0) is 12.6. The number of hydrogen-bond acceptors (Lipinski definition) is 4. The minimum absolute atomic E-state index is 0.250. The zero-order valence-corrected chi connectivity index (χ0v) is 9.98. The van der Waals surface area contributed by atoms with Gasteiger partial charge in [0.05, 0.1) is 12.5 Å². The third kappa shape index (κ3) is 2.17. The van der Waals surface area contributed by atoms with Gasteiger partial charge in [0.2, 0.25) is 0 Å². The fraction of sp³-hybridized carbons (Fsp3) is 0.308. The van der Waals surface area contributed by atoms with Crippen LogP contribution < -0.4 is 10.4 Å². The summed E-state index contributed by atoms with van der Waals surface area (Å²) in [5.41, 5.74) is -1.65. The lowest BCUT2D eigenvalue weighted by Gasteiger charge is -2.15. The quantitative estimate of drug-likeness (QED) is 0.863. The van der Waals surface area contributed by atoms with Crippen molar-refractivity contribution in [2.75, 3.05) is 7.11 Å². The fourth-order valence-corrected chi connectivity index (χ4v) is 1.59. The molecule has 0 spiro atoms. The van der Waals surface area contributed by atoms with Gasteiger partial charge >= 0.3 is 5.63 Å². The highest BCUT2D eigenvalue weighted by molar-refractivity contribution is 5.82. The highest BCUT2D eigenvalue weighted by Crippen LogP contribution is 2.24. The molecule has 0 saturated carbocycles. The molecule has 0 radical (unpaired) electrons. The summed E-state index contributed by atoms with van der Waals surface area (Å²) >= 11 is 0. The zero-order valence-electron chi connectivity index (χ0n) is 9.98. The van der Waals surface area contributed by atoms with E-state index in [1.807, 2.05) is 0 Å². The van der Waals surface area contributed by atoms with Crippen molar-refractivity contribution in [2.45, 2.75) is 19.4 Å². The van der Waals surface area contributed by atoms with E-state index in [1.54, 1.807) is 38.1 Å². The number of benzene rings is 1. The minimum Gasteiger partial charge on any atom is -0.497 e. The van der Waals surface area contributed by atoms with Crippen LogP contribution in [0.1, 0.15) is 19.6 Å². The van der Waals surface area contributed by atoms with Gasteiger partial charge in [-0.15, -0.1) is 0 Å². The third-order valence-corrected chi connectivity index (χ3v) is 2.57. The van der Waals surface area contributed by atoms with Crippen LogP contribution in [0.4, 0.5) is 0 Å². The Morgan fingerprint density at radius 2 is 2.00 bits per heavy atom. The van der Waals surface area contributed by atoms with Crippen molar-refractivity contribution < 1.29 is 14.3 Å². The summed E-state index contributed by atoms with van der Waals surface area (Å²) in [7, 11) is 1.54. The molecule has 1 aromatic carbocycles. The molecule has 4 nitrogen and oxygen atoms in total. The fourth-order valence-electron chi connectivity index (χ4n) is 1.59. The van der Waals surface area contributed by atoms with Crippen LogP contribution in [0.3, 0.4) is 0 Å². The largest absolute Gasteiger partial charge is 0.497 e. The molecule has 1 heterocycles. The number of hydrogen-bond donors (Lipinski definition) is 1. The summed E-state index contributed by atoms with van der Waals surface area (Å²) in [6.45, 7) is 3.14. The molecule has 1 aromatic heterocycles. The van der Waals surface area contributed by atoms with E-state index in [4.69, 9.17) is 9.15 Å². The van der Waals surface area contributed by atoms with Gasteiger partial charge in [0.25, 0.3) is 0 Å². The molecule has 0 atom stereocenters. The van der Waals surface area contributed by atoms with Crippen LogP contribution >= 0.6 is 0 Å². The van der Waals surface area contributed by atoms with Gasteiger partial charge in [0.15, 0.2) is 0 Å². The van der Waals surface area contributed by atoms with Crippen LogP contribution in [-0.4, -0.2) is 12.2 Å². The van der Waals surface area contributed by atoms with Gasteiger partial charge in [0.1, 0.15) is 17.1 Å². The average molecular weight is 234 g/mol. The maximum Gasteiger partial charge on any atom is 0.344 e. The standard InChI is InChI=1S/C13H14O4/c1-13(2,15)11-6-8-4-5-9(16-3)7-10(8)12(14)17-11/h4-7,15H,1-3H3. The van der Waals surface area contributed by atoms with E-state index < -0.39 is 11.2 Å². The Kier molecular flexibility index (Phi) is 2.67. The van der Waals surface area contributed by atoms with Crippen molar-refractivity contribution in [3.63, 3.8) is 0 Å². The van der Waals surface area contributed by atoms with Crippen molar-refractivity contribution in [3.05, 3.63) is 40.4 Å². The summed E-state index contributed by atoms with van der Waals surface area (Å²) in [6.07, 6.45) is 0. The normalized spacial score (nSPS) is 11.8. The maximum atomic E-state index is 11.8. The van der Waals surface area contributed by atoms with E-state index in [1.165, 1.54) is 7.11 Å². The average Bonchev–Trinajstić information content (AvgIpc) is 2.27. The summed E-state index contributed by atoms with van der Waals surface area (Å²) in [4.78, 5) is 11.8. The molecule has 0 bridgehead atoms. The highest BCUT2D eigenvalue weighted by Gasteiger charge is 2.20. The van der Waals surface area contributed by atoms with E-state index in [0.717, 1.165) is 5.39 Å². The second-order valence-corrected chi connectivity index (χ2v) is 4.41. The van der Waals surface area contributed by atoms with Gasteiger partial charge in [-0.05, 0) is 37.4 Å². The molecule has 0 unspecified atom stereocenters. The molecular weight excluding hydrogens is 220 g/mol. The smallest absolute Gasteiger partial charge is 0.344 e. The number of methoxy groups -OCH3 is 1. The lowest BCUT2D eigenvalue weighted by atomic mass is 10.0. The molecule has 0 aliphatic heterocycles. The summed E-state index contributed by atoms with van der Waals surface area (Å²) in [5.74, 6) is 0.848. The third-order valence-electron chi connectivity index (χ3n) is 2.57. The molecule has 2 aromatic rings. The molecular formula is C13H14O4. The molecule has 0 saturated heterocycles. The molecule has 0 amide bonds. The SMILES string of the molecule is COc1ccc2cc(C(C)(C)O)oc(=O)c2c1. The van der Waals surface area contributed by atoms with Gasteiger partial charge in [-0.3, -0.25) is 0 Å². The molecule has 0 aliphatic rings. The van der Waals surface area contributed by atoms with Gasteiger partial charge in [-0.1, -0.05) is 6.07 Å². The van der Waals surface area contributed by atoms with Crippen LogP contribution in [0.15, 0.2) is 33.5 Å². The van der Waals surface area contributed by atoms with Crippen LogP contribution in [0, 0.1) is 0 Å². The number of aliphatic hydroxyl groups is 1. The Morgan fingerprint density at radius 1 is 1.29 bits per heavy atom. The van der Waals surface area contributed by atoms with Crippen molar-refractivity contribution in [1.29, 1.82) is 0 Å². The van der Waals surface area contributed by atoms with Crippen LogP contribution in [0.5, 0.6) is 5.75 Å². The first-order valence-electron chi connectivity index (χ1n) is 5.26. The predicted molar refractivity (Wildman–Crippen MR) is 64.3 cm³/mol. The van der Waals surface area contributed by atoms with Crippen molar-refractivity contribution in [1.82, 2.24) is 0 Å². The first kappa shape index (κ1) is 11.7.